The van der Waals surface area contributed by atoms with Crippen molar-refractivity contribution in [1.82, 2.24) is 10.6 Å². The van der Waals surface area contributed by atoms with Crippen molar-refractivity contribution in [1.29, 1.82) is 0 Å². The number of esters is 1. The van der Waals surface area contributed by atoms with E-state index in [1.54, 1.807) is 32.2 Å². The minimum atomic E-state index is -1.26. The molecule has 3 N–H and O–H groups in total. The van der Waals surface area contributed by atoms with Crippen LogP contribution in [0.5, 0.6) is 5.75 Å². The van der Waals surface area contributed by atoms with Gasteiger partial charge in [0.1, 0.15) is 17.9 Å². The second-order valence-corrected chi connectivity index (χ2v) is 13.0. The predicted octanol–water partition coefficient (Wildman–Crippen LogP) is 5.39. The van der Waals surface area contributed by atoms with Crippen LogP contribution >= 0.6 is 15.9 Å². The Bertz CT molecular complexity index is 1370. The van der Waals surface area contributed by atoms with Crippen LogP contribution in [0.1, 0.15) is 64.2 Å². The number of halogens is 1. The molecule has 10 nitrogen and oxygen atoms in total. The summed E-state index contributed by atoms with van der Waals surface area (Å²) in [6, 6.07) is 14.5. The first-order valence-corrected chi connectivity index (χ1v) is 16.4. The van der Waals surface area contributed by atoms with Crippen molar-refractivity contribution < 1.29 is 38.5 Å². The molecule has 2 aromatic rings. The highest BCUT2D eigenvalue weighted by atomic mass is 79.9. The number of hydrogen-bond donors (Lipinski definition) is 3. The van der Waals surface area contributed by atoms with Crippen molar-refractivity contribution in [3.63, 3.8) is 0 Å². The number of carboxylic acid groups (broad SMARTS) is 1. The van der Waals surface area contributed by atoms with E-state index in [1.807, 2.05) is 38.1 Å². The molecule has 1 aliphatic heterocycles. The third-order valence-corrected chi connectivity index (χ3v) is 8.39. The Morgan fingerprint density at radius 3 is 2.41 bits per heavy atom. The number of hydrogen-bond acceptors (Lipinski definition) is 7. The number of carbonyl (C=O) groups excluding carboxylic acids is 3. The number of carbonyl (C=O) groups is 4. The van der Waals surface area contributed by atoms with Gasteiger partial charge < -0.3 is 30.0 Å². The SMILES string of the molecule is COc1ccc(C[C@@H](NC(=O)/C=C/CCC(C)[C@H]2O[C@@H]2c2ccccc2)C(=O)NC[C@@H](C)C(=O)O[C@@H](CC(C)C)C(=O)O)cc1Br. The molecule has 1 fully saturated rings. The molecule has 46 heavy (non-hydrogen) atoms. The number of ether oxygens (including phenoxy) is 3. The van der Waals surface area contributed by atoms with Crippen LogP contribution in [0.2, 0.25) is 0 Å². The van der Waals surface area contributed by atoms with E-state index in [2.05, 4.69) is 45.6 Å². The summed E-state index contributed by atoms with van der Waals surface area (Å²) in [6.07, 6.45) is 4.11. The van der Waals surface area contributed by atoms with Gasteiger partial charge in [-0.1, -0.05) is 70.2 Å². The lowest BCUT2D eigenvalue weighted by molar-refractivity contribution is -0.167. The van der Waals surface area contributed by atoms with E-state index in [4.69, 9.17) is 14.2 Å². The number of epoxide rings is 1. The Kier molecular flexibility index (Phi) is 14.3. The first-order valence-electron chi connectivity index (χ1n) is 15.6. The van der Waals surface area contributed by atoms with Crippen LogP contribution in [0.15, 0.2) is 65.2 Å². The number of carboxylic acids is 1. The van der Waals surface area contributed by atoms with Crippen LogP contribution in [0, 0.1) is 17.8 Å². The molecule has 0 aromatic heterocycles. The van der Waals surface area contributed by atoms with E-state index in [0.717, 1.165) is 12.0 Å². The lowest BCUT2D eigenvalue weighted by atomic mass is 9.97. The van der Waals surface area contributed by atoms with E-state index in [-0.39, 0.29) is 37.5 Å². The van der Waals surface area contributed by atoms with Crippen molar-refractivity contribution in [3.8, 4) is 5.75 Å². The fourth-order valence-corrected chi connectivity index (χ4v) is 5.61. The summed E-state index contributed by atoms with van der Waals surface area (Å²) in [6.45, 7) is 7.26. The van der Waals surface area contributed by atoms with Gasteiger partial charge in [-0.25, -0.2) is 4.79 Å². The highest BCUT2D eigenvalue weighted by Gasteiger charge is 2.43. The largest absolute Gasteiger partial charge is 0.496 e. The maximum atomic E-state index is 13.3. The van der Waals surface area contributed by atoms with E-state index in [0.29, 0.717) is 22.6 Å². The molecule has 1 aliphatic rings. The topological polar surface area (TPSA) is 144 Å². The summed E-state index contributed by atoms with van der Waals surface area (Å²) >= 11 is 3.45. The van der Waals surface area contributed by atoms with Crippen molar-refractivity contribution in [2.75, 3.05) is 13.7 Å². The van der Waals surface area contributed by atoms with Gasteiger partial charge in [0.25, 0.3) is 0 Å². The van der Waals surface area contributed by atoms with E-state index >= 15 is 0 Å². The Morgan fingerprint density at radius 2 is 1.78 bits per heavy atom. The molecule has 250 valence electrons. The number of rotatable bonds is 18. The summed E-state index contributed by atoms with van der Waals surface area (Å²) in [5.41, 5.74) is 1.94. The molecule has 0 spiro atoms. The smallest absolute Gasteiger partial charge is 0.345 e. The highest BCUT2D eigenvalue weighted by Crippen LogP contribution is 2.44. The molecule has 2 amide bonds. The number of amides is 2. The van der Waals surface area contributed by atoms with Crippen molar-refractivity contribution >= 4 is 39.7 Å². The summed E-state index contributed by atoms with van der Waals surface area (Å²) in [4.78, 5) is 50.3. The number of nitrogens with one attached hydrogen (secondary N) is 2. The molecule has 1 heterocycles. The molecular formula is C35H45BrN2O8. The van der Waals surface area contributed by atoms with Crippen molar-refractivity contribution in [3.05, 3.63) is 76.3 Å². The predicted molar refractivity (Wildman–Crippen MR) is 177 cm³/mol. The fourth-order valence-electron chi connectivity index (χ4n) is 5.03. The van der Waals surface area contributed by atoms with Gasteiger partial charge in [0.2, 0.25) is 11.8 Å². The van der Waals surface area contributed by atoms with Gasteiger partial charge in [0.15, 0.2) is 6.10 Å². The summed E-state index contributed by atoms with van der Waals surface area (Å²) in [5.74, 6) is -2.70. The zero-order valence-electron chi connectivity index (χ0n) is 27.0. The van der Waals surface area contributed by atoms with Crippen LogP contribution in [0.4, 0.5) is 0 Å². The minimum absolute atomic E-state index is 0.0166. The van der Waals surface area contributed by atoms with Gasteiger partial charge in [0.05, 0.1) is 23.6 Å². The average Bonchev–Trinajstić information content (AvgIpc) is 3.82. The highest BCUT2D eigenvalue weighted by molar-refractivity contribution is 9.10. The van der Waals surface area contributed by atoms with Gasteiger partial charge in [-0.15, -0.1) is 0 Å². The minimum Gasteiger partial charge on any atom is -0.496 e. The lowest BCUT2D eigenvalue weighted by Gasteiger charge is -2.21. The first kappa shape index (κ1) is 36.8. The molecule has 6 atom stereocenters. The molecule has 0 radical (unpaired) electrons. The van der Waals surface area contributed by atoms with Gasteiger partial charge in [0, 0.05) is 13.0 Å². The van der Waals surface area contributed by atoms with Crippen LogP contribution in [0.3, 0.4) is 0 Å². The van der Waals surface area contributed by atoms with Gasteiger partial charge >= 0.3 is 11.9 Å². The summed E-state index contributed by atoms with van der Waals surface area (Å²) in [7, 11) is 1.55. The molecule has 0 aliphatic carbocycles. The Labute approximate surface area is 279 Å². The second kappa shape index (κ2) is 17.9. The number of allylic oxidation sites excluding steroid dienone is 1. The molecular weight excluding hydrogens is 656 g/mol. The van der Waals surface area contributed by atoms with Crippen LogP contribution in [-0.2, 0) is 35.1 Å². The zero-order valence-corrected chi connectivity index (χ0v) is 28.6. The van der Waals surface area contributed by atoms with Crippen molar-refractivity contribution in [2.24, 2.45) is 17.8 Å². The maximum absolute atomic E-state index is 13.3. The molecule has 1 unspecified atom stereocenters. The van der Waals surface area contributed by atoms with Crippen LogP contribution in [0.25, 0.3) is 0 Å². The standard InChI is InChI=1S/C35H45BrN2O8/c1-21(2)17-29(34(41)42)45-35(43)23(4)20-37-33(40)27(19-24-15-16-28(44-5)26(36)18-24)38-30(39)14-10-9-11-22(3)31-32(46-31)25-12-7-6-8-13-25/h6-8,10,12-16,18,21-23,27,29,31-32H,9,11,17,19-20H2,1-5H3,(H,37,40)(H,38,39)(H,41,42)/b14-10+/t22?,23-,27-,29+,31-,32-/m1/s1. The summed E-state index contributed by atoms with van der Waals surface area (Å²) < 4.78 is 17.1. The first-order chi connectivity index (χ1) is 21.9. The zero-order chi connectivity index (χ0) is 33.8. The maximum Gasteiger partial charge on any atom is 0.345 e. The molecule has 2 aromatic carbocycles. The average molecular weight is 702 g/mol. The van der Waals surface area contributed by atoms with Gasteiger partial charge in [-0.05, 0) is 76.4 Å². The molecule has 1 saturated heterocycles. The molecule has 0 saturated carbocycles. The van der Waals surface area contributed by atoms with E-state index in [9.17, 15) is 24.3 Å². The van der Waals surface area contributed by atoms with Gasteiger partial charge in [-0.2, -0.15) is 0 Å². The third kappa shape index (κ3) is 11.6. The van der Waals surface area contributed by atoms with E-state index < -0.39 is 41.8 Å². The van der Waals surface area contributed by atoms with Gasteiger partial charge in [-0.3, -0.25) is 14.4 Å². The van der Waals surface area contributed by atoms with Crippen LogP contribution in [-0.4, -0.2) is 60.8 Å². The number of aliphatic carboxylic acids is 1. The third-order valence-electron chi connectivity index (χ3n) is 7.77. The Hall–Kier alpha value is -3.70. The monoisotopic (exact) mass is 700 g/mol. The molecule has 0 bridgehead atoms. The molecule has 11 heteroatoms. The van der Waals surface area contributed by atoms with Crippen molar-refractivity contribution in [2.45, 2.75) is 77.7 Å². The molecule has 3 rings (SSSR count). The quantitative estimate of drug-likeness (QED) is 0.107. The fraction of sp³-hybridized carbons (Fsp3) is 0.486. The Morgan fingerprint density at radius 1 is 1.07 bits per heavy atom. The van der Waals surface area contributed by atoms with Crippen LogP contribution < -0.4 is 15.4 Å². The second-order valence-electron chi connectivity index (χ2n) is 12.2. The van der Waals surface area contributed by atoms with E-state index in [1.165, 1.54) is 11.6 Å². The number of benzene rings is 2. The Balaban J connectivity index is 1.57. The number of methoxy groups -OCH3 is 1. The summed E-state index contributed by atoms with van der Waals surface area (Å²) in [5, 5.41) is 14.9. The lowest BCUT2D eigenvalue weighted by Crippen LogP contribution is -2.49. The normalized spacial score (nSPS) is 18.3.